The lowest BCUT2D eigenvalue weighted by molar-refractivity contribution is -0.141. The van der Waals surface area contributed by atoms with Gasteiger partial charge in [-0.3, -0.25) is 9.59 Å². The van der Waals surface area contributed by atoms with E-state index in [0.29, 0.717) is 6.54 Å². The Bertz CT molecular complexity index is 274. The lowest BCUT2D eigenvalue weighted by Crippen LogP contribution is -2.44. The topological polar surface area (TPSA) is 69.6 Å². The molecule has 84 valence electrons. The zero-order valence-electron chi connectivity index (χ0n) is 8.61. The van der Waals surface area contributed by atoms with Crippen molar-refractivity contribution in [2.75, 3.05) is 19.6 Å². The summed E-state index contributed by atoms with van der Waals surface area (Å²) < 4.78 is 0. The summed E-state index contributed by atoms with van der Waals surface area (Å²) in [7, 11) is 0. The highest BCUT2D eigenvalue weighted by molar-refractivity contribution is 5.86. The molecule has 0 bridgehead atoms. The Balaban J connectivity index is 1.97. The fourth-order valence-electron chi connectivity index (χ4n) is 2.37. The first-order chi connectivity index (χ1) is 7.18. The van der Waals surface area contributed by atoms with E-state index in [1.165, 1.54) is 0 Å². The van der Waals surface area contributed by atoms with Crippen LogP contribution in [0.15, 0.2) is 0 Å². The van der Waals surface area contributed by atoms with Crippen LogP contribution in [-0.4, -0.2) is 47.6 Å². The molecule has 0 saturated carbocycles. The highest BCUT2D eigenvalue weighted by Crippen LogP contribution is 2.23. The molecule has 2 rings (SSSR count). The monoisotopic (exact) mass is 212 g/mol. The van der Waals surface area contributed by atoms with Crippen molar-refractivity contribution >= 4 is 11.9 Å². The smallest absolute Gasteiger partial charge is 0.308 e. The Morgan fingerprint density at radius 3 is 2.60 bits per heavy atom. The first-order valence-corrected chi connectivity index (χ1v) is 5.41. The van der Waals surface area contributed by atoms with Gasteiger partial charge in [-0.15, -0.1) is 0 Å². The quantitative estimate of drug-likeness (QED) is 0.657. The van der Waals surface area contributed by atoms with Gasteiger partial charge in [-0.25, -0.2) is 0 Å². The first-order valence-electron chi connectivity index (χ1n) is 5.41. The van der Waals surface area contributed by atoms with Gasteiger partial charge in [0.1, 0.15) is 0 Å². The summed E-state index contributed by atoms with van der Waals surface area (Å²) in [4.78, 5) is 24.2. The second kappa shape index (κ2) is 4.18. The van der Waals surface area contributed by atoms with Crippen LogP contribution >= 0.6 is 0 Å². The Morgan fingerprint density at radius 1 is 1.40 bits per heavy atom. The summed E-state index contributed by atoms with van der Waals surface area (Å²) in [6.07, 6.45) is 2.06. The number of carbonyl (C=O) groups is 2. The van der Waals surface area contributed by atoms with Crippen molar-refractivity contribution in [2.45, 2.75) is 25.3 Å². The van der Waals surface area contributed by atoms with Crippen LogP contribution in [0.2, 0.25) is 0 Å². The molecule has 2 saturated heterocycles. The highest BCUT2D eigenvalue weighted by Gasteiger charge is 2.37. The molecular weight excluding hydrogens is 196 g/mol. The van der Waals surface area contributed by atoms with Gasteiger partial charge in [0.05, 0.1) is 5.92 Å². The number of rotatable bonds is 2. The van der Waals surface area contributed by atoms with Crippen molar-refractivity contribution in [3.8, 4) is 0 Å². The van der Waals surface area contributed by atoms with E-state index in [0.717, 1.165) is 25.9 Å². The van der Waals surface area contributed by atoms with Gasteiger partial charge in [-0.2, -0.15) is 0 Å². The minimum absolute atomic E-state index is 0.00861. The van der Waals surface area contributed by atoms with E-state index in [4.69, 9.17) is 5.11 Å². The van der Waals surface area contributed by atoms with Gasteiger partial charge < -0.3 is 15.3 Å². The van der Waals surface area contributed by atoms with Crippen molar-refractivity contribution < 1.29 is 14.7 Å². The molecule has 5 nitrogen and oxygen atoms in total. The minimum Gasteiger partial charge on any atom is -0.481 e. The zero-order chi connectivity index (χ0) is 10.8. The molecule has 0 aromatic heterocycles. The summed E-state index contributed by atoms with van der Waals surface area (Å²) in [5, 5.41) is 12.1. The van der Waals surface area contributed by atoms with Gasteiger partial charge in [0, 0.05) is 19.0 Å². The summed E-state index contributed by atoms with van der Waals surface area (Å²) in [6.45, 7) is 2.25. The lowest BCUT2D eigenvalue weighted by Gasteiger charge is -2.31. The molecule has 0 spiro atoms. The van der Waals surface area contributed by atoms with Crippen LogP contribution in [0.1, 0.15) is 19.3 Å². The zero-order valence-corrected chi connectivity index (χ0v) is 8.61. The highest BCUT2D eigenvalue weighted by atomic mass is 16.4. The summed E-state index contributed by atoms with van der Waals surface area (Å²) >= 11 is 0. The summed E-state index contributed by atoms with van der Waals surface area (Å²) in [5.74, 6) is -1.33. The SMILES string of the molecule is O=C(O)[C@H]1CC(=O)N(C2CCNCC2)C1. The molecule has 0 unspecified atom stereocenters. The molecule has 2 fully saturated rings. The Hall–Kier alpha value is -1.10. The average Bonchev–Trinajstić information content (AvgIpc) is 2.62. The van der Waals surface area contributed by atoms with Gasteiger partial charge >= 0.3 is 5.97 Å². The summed E-state index contributed by atoms with van der Waals surface area (Å²) in [5.41, 5.74) is 0. The normalized spacial score (nSPS) is 28.4. The van der Waals surface area contributed by atoms with E-state index in [9.17, 15) is 9.59 Å². The van der Waals surface area contributed by atoms with Crippen LogP contribution < -0.4 is 5.32 Å². The Morgan fingerprint density at radius 2 is 2.07 bits per heavy atom. The maximum absolute atomic E-state index is 11.6. The third-order valence-corrected chi connectivity index (χ3v) is 3.26. The molecule has 0 aromatic rings. The molecule has 2 N–H and O–H groups in total. The van der Waals surface area contributed by atoms with E-state index >= 15 is 0 Å². The Kier molecular flexibility index (Phi) is 2.90. The van der Waals surface area contributed by atoms with Gasteiger partial charge in [0.25, 0.3) is 0 Å². The number of hydrogen-bond donors (Lipinski definition) is 2. The number of piperidine rings is 1. The van der Waals surface area contributed by atoms with Gasteiger partial charge in [-0.05, 0) is 25.9 Å². The number of likely N-dealkylation sites (tertiary alicyclic amines) is 1. The molecular formula is C10H16N2O3. The van der Waals surface area contributed by atoms with Crippen molar-refractivity contribution in [3.05, 3.63) is 0 Å². The van der Waals surface area contributed by atoms with Crippen LogP contribution in [0.5, 0.6) is 0 Å². The molecule has 0 aromatic carbocycles. The van der Waals surface area contributed by atoms with Crippen LogP contribution in [0, 0.1) is 5.92 Å². The van der Waals surface area contributed by atoms with Crippen LogP contribution in [0.4, 0.5) is 0 Å². The third kappa shape index (κ3) is 2.12. The van der Waals surface area contributed by atoms with Crippen molar-refractivity contribution in [2.24, 2.45) is 5.92 Å². The molecule has 0 radical (unpaired) electrons. The molecule has 0 aliphatic carbocycles. The number of carbonyl (C=O) groups excluding carboxylic acids is 1. The standard InChI is InChI=1S/C10H16N2O3/c13-9-5-7(10(14)15)6-12(9)8-1-3-11-4-2-8/h7-8,11H,1-6H2,(H,14,15)/t7-/m0/s1. The predicted octanol–water partition coefficient (Wildman–Crippen LogP) is -0.329. The molecule has 2 heterocycles. The fourth-order valence-corrected chi connectivity index (χ4v) is 2.37. The van der Waals surface area contributed by atoms with Crippen molar-refractivity contribution in [3.63, 3.8) is 0 Å². The largest absolute Gasteiger partial charge is 0.481 e. The number of carboxylic acids is 1. The third-order valence-electron chi connectivity index (χ3n) is 3.26. The molecule has 1 amide bonds. The number of nitrogens with one attached hydrogen (secondary N) is 1. The van der Waals surface area contributed by atoms with E-state index < -0.39 is 11.9 Å². The second-order valence-electron chi connectivity index (χ2n) is 4.27. The van der Waals surface area contributed by atoms with Gasteiger partial charge in [-0.1, -0.05) is 0 Å². The number of nitrogens with zero attached hydrogens (tertiary/aromatic N) is 1. The van der Waals surface area contributed by atoms with E-state index in [-0.39, 0.29) is 18.4 Å². The van der Waals surface area contributed by atoms with Crippen LogP contribution in [0.25, 0.3) is 0 Å². The number of amides is 1. The van der Waals surface area contributed by atoms with Crippen molar-refractivity contribution in [1.29, 1.82) is 0 Å². The van der Waals surface area contributed by atoms with Crippen molar-refractivity contribution in [1.82, 2.24) is 10.2 Å². The second-order valence-corrected chi connectivity index (χ2v) is 4.27. The van der Waals surface area contributed by atoms with E-state index in [2.05, 4.69) is 5.32 Å². The maximum atomic E-state index is 11.6. The number of carboxylic acid groups (broad SMARTS) is 1. The maximum Gasteiger partial charge on any atom is 0.308 e. The average molecular weight is 212 g/mol. The number of aliphatic carboxylic acids is 1. The van der Waals surface area contributed by atoms with Crippen LogP contribution in [0.3, 0.4) is 0 Å². The van der Waals surface area contributed by atoms with Gasteiger partial charge in [0.2, 0.25) is 5.91 Å². The van der Waals surface area contributed by atoms with E-state index in [1.54, 1.807) is 4.90 Å². The molecule has 15 heavy (non-hydrogen) atoms. The summed E-state index contributed by atoms with van der Waals surface area (Å²) in [6, 6.07) is 0.253. The Labute approximate surface area is 88.4 Å². The minimum atomic E-state index is -0.847. The van der Waals surface area contributed by atoms with Crippen LogP contribution in [-0.2, 0) is 9.59 Å². The fraction of sp³-hybridized carbons (Fsp3) is 0.800. The number of hydrogen-bond acceptors (Lipinski definition) is 3. The van der Waals surface area contributed by atoms with E-state index in [1.807, 2.05) is 0 Å². The predicted molar refractivity (Wildman–Crippen MR) is 53.3 cm³/mol. The molecule has 1 atom stereocenters. The first kappa shape index (κ1) is 10.4. The van der Waals surface area contributed by atoms with Gasteiger partial charge in [0.15, 0.2) is 0 Å². The molecule has 2 aliphatic heterocycles. The lowest BCUT2D eigenvalue weighted by atomic mass is 10.1. The molecule has 2 aliphatic rings. The molecule has 5 heteroatoms.